The van der Waals surface area contributed by atoms with E-state index in [2.05, 4.69) is 15.0 Å². The van der Waals surface area contributed by atoms with Crippen molar-refractivity contribution in [3.8, 4) is 0 Å². The quantitative estimate of drug-likeness (QED) is 0.503. The largest absolute Gasteiger partial charge is 0.440 e. The van der Waals surface area contributed by atoms with E-state index in [-0.39, 0.29) is 12.1 Å². The fourth-order valence-electron chi connectivity index (χ4n) is 1.82. The Balaban J connectivity index is 1.89. The number of carbonyl (C=O) groups is 1. The smallest absolute Gasteiger partial charge is 0.422 e. The molecule has 0 bridgehead atoms. The summed E-state index contributed by atoms with van der Waals surface area (Å²) in [7, 11) is 1.58. The molecule has 10 heteroatoms. The van der Waals surface area contributed by atoms with Crippen molar-refractivity contribution in [2.45, 2.75) is 11.3 Å². The van der Waals surface area contributed by atoms with Gasteiger partial charge in [-0.3, -0.25) is 9.36 Å². The lowest BCUT2D eigenvalue weighted by molar-refractivity contribution is -0.160. The highest BCUT2D eigenvalue weighted by molar-refractivity contribution is 7.99. The number of halogens is 3. The number of fused-ring (bicyclic) bond motifs is 1. The van der Waals surface area contributed by atoms with Crippen LogP contribution in [0.5, 0.6) is 0 Å². The summed E-state index contributed by atoms with van der Waals surface area (Å²) in [4.78, 5) is 27.6. The zero-order chi connectivity index (χ0) is 17.7. The lowest BCUT2D eigenvalue weighted by Crippen LogP contribution is -2.30. The van der Waals surface area contributed by atoms with Gasteiger partial charge in [0.25, 0.3) is 5.56 Å². The van der Waals surface area contributed by atoms with Crippen molar-refractivity contribution in [3.63, 3.8) is 0 Å². The van der Waals surface area contributed by atoms with Crippen LogP contribution in [0.3, 0.4) is 0 Å². The molecule has 24 heavy (non-hydrogen) atoms. The summed E-state index contributed by atoms with van der Waals surface area (Å²) >= 11 is 1.20. The number of alkyl carbamates (subject to hydrolysis) is 1. The monoisotopic (exact) mass is 361 g/mol. The van der Waals surface area contributed by atoms with E-state index in [0.717, 1.165) is 0 Å². The molecule has 1 aromatic carbocycles. The molecule has 6 nitrogen and oxygen atoms in total. The lowest BCUT2D eigenvalue weighted by atomic mass is 10.2. The Hall–Kier alpha value is -2.23. The first-order valence-electron chi connectivity index (χ1n) is 6.84. The van der Waals surface area contributed by atoms with Crippen LogP contribution in [0.15, 0.2) is 34.2 Å². The number of hydrogen-bond donors (Lipinski definition) is 1. The molecule has 0 aliphatic rings. The maximum Gasteiger partial charge on any atom is 0.422 e. The molecule has 0 spiro atoms. The van der Waals surface area contributed by atoms with E-state index in [1.54, 1.807) is 31.3 Å². The number of ether oxygens (including phenoxy) is 1. The summed E-state index contributed by atoms with van der Waals surface area (Å²) < 4.78 is 41.0. The van der Waals surface area contributed by atoms with Gasteiger partial charge < -0.3 is 10.1 Å². The average Bonchev–Trinajstić information content (AvgIpc) is 2.53. The maximum absolute atomic E-state index is 12.2. The summed E-state index contributed by atoms with van der Waals surface area (Å²) in [5, 5.41) is 3.15. The maximum atomic E-state index is 12.2. The van der Waals surface area contributed by atoms with Gasteiger partial charge in [-0.15, -0.1) is 0 Å². The minimum atomic E-state index is -4.56. The van der Waals surface area contributed by atoms with Crippen molar-refractivity contribution in [1.29, 1.82) is 0 Å². The highest BCUT2D eigenvalue weighted by Crippen LogP contribution is 2.16. The van der Waals surface area contributed by atoms with Crippen LogP contribution in [0.1, 0.15) is 0 Å². The van der Waals surface area contributed by atoms with Gasteiger partial charge in [0.2, 0.25) is 0 Å². The van der Waals surface area contributed by atoms with E-state index in [1.807, 2.05) is 0 Å². The molecule has 0 saturated heterocycles. The minimum absolute atomic E-state index is 0.0735. The lowest BCUT2D eigenvalue weighted by Gasteiger charge is -2.10. The van der Waals surface area contributed by atoms with Gasteiger partial charge in [-0.25, -0.2) is 9.78 Å². The molecule has 1 amide bonds. The van der Waals surface area contributed by atoms with Gasteiger partial charge in [0.05, 0.1) is 10.9 Å². The molecule has 1 aromatic heterocycles. The van der Waals surface area contributed by atoms with Crippen molar-refractivity contribution in [2.24, 2.45) is 7.05 Å². The summed E-state index contributed by atoms with van der Waals surface area (Å²) in [6, 6.07) is 6.90. The summed E-state index contributed by atoms with van der Waals surface area (Å²) in [5.74, 6) is 0.319. The van der Waals surface area contributed by atoms with Crippen LogP contribution in [0, 0.1) is 0 Å². The second-order valence-electron chi connectivity index (χ2n) is 4.74. The Labute approximate surface area is 139 Å². The highest BCUT2D eigenvalue weighted by Gasteiger charge is 2.29. The van der Waals surface area contributed by atoms with E-state index < -0.39 is 18.9 Å². The van der Waals surface area contributed by atoms with Gasteiger partial charge in [0, 0.05) is 19.3 Å². The number of nitrogens with one attached hydrogen (secondary N) is 1. The number of hydrogen-bond acceptors (Lipinski definition) is 5. The van der Waals surface area contributed by atoms with Crippen LogP contribution in [-0.2, 0) is 11.8 Å². The number of nitrogens with zero attached hydrogens (tertiary/aromatic N) is 2. The van der Waals surface area contributed by atoms with Gasteiger partial charge in [-0.1, -0.05) is 23.9 Å². The van der Waals surface area contributed by atoms with Crippen molar-refractivity contribution in [3.05, 3.63) is 34.6 Å². The first-order valence-corrected chi connectivity index (χ1v) is 7.82. The van der Waals surface area contributed by atoms with Crippen molar-refractivity contribution in [2.75, 3.05) is 18.9 Å². The summed E-state index contributed by atoms with van der Waals surface area (Å²) in [6.45, 7) is -1.56. The molecule has 0 fully saturated rings. The number of carbonyl (C=O) groups excluding carboxylic acids is 1. The van der Waals surface area contributed by atoms with E-state index in [9.17, 15) is 22.8 Å². The first kappa shape index (κ1) is 18.1. The zero-order valence-corrected chi connectivity index (χ0v) is 13.4. The number of alkyl halides is 3. The summed E-state index contributed by atoms with van der Waals surface area (Å²) in [6.07, 6.45) is -5.70. The highest BCUT2D eigenvalue weighted by atomic mass is 32.2. The van der Waals surface area contributed by atoms with E-state index in [4.69, 9.17) is 0 Å². The molecule has 1 N–H and O–H groups in total. The number of amides is 1. The Kier molecular flexibility index (Phi) is 5.71. The van der Waals surface area contributed by atoms with Gasteiger partial charge in [0.15, 0.2) is 11.8 Å². The number of para-hydroxylation sites is 1. The van der Waals surface area contributed by atoms with Crippen LogP contribution in [0.25, 0.3) is 10.9 Å². The average molecular weight is 361 g/mol. The number of benzene rings is 1. The SMILES string of the molecule is Cn1c(SCCNC(=O)OCC(F)(F)F)nc2ccccc2c1=O. The first-order chi connectivity index (χ1) is 11.3. The van der Waals surface area contributed by atoms with Gasteiger partial charge in [0.1, 0.15) is 0 Å². The molecule has 1 heterocycles. The fraction of sp³-hybridized carbons (Fsp3) is 0.357. The molecule has 130 valence electrons. The Morgan fingerprint density at radius 3 is 2.79 bits per heavy atom. The van der Waals surface area contributed by atoms with Crippen LogP contribution >= 0.6 is 11.8 Å². The van der Waals surface area contributed by atoms with Crippen LogP contribution in [0.4, 0.5) is 18.0 Å². The molecular weight excluding hydrogens is 347 g/mol. The number of thioether (sulfide) groups is 1. The predicted molar refractivity (Wildman–Crippen MR) is 83.1 cm³/mol. The summed E-state index contributed by atoms with van der Waals surface area (Å²) in [5.41, 5.74) is 0.362. The molecular formula is C14H14F3N3O3S. The Morgan fingerprint density at radius 2 is 2.08 bits per heavy atom. The van der Waals surface area contributed by atoms with E-state index in [0.29, 0.717) is 21.8 Å². The normalized spacial score (nSPS) is 11.5. The fourth-order valence-corrected chi connectivity index (χ4v) is 2.65. The third-order valence-corrected chi connectivity index (χ3v) is 3.94. The topological polar surface area (TPSA) is 73.2 Å². The second kappa shape index (κ2) is 7.56. The van der Waals surface area contributed by atoms with Crippen molar-refractivity contribution in [1.82, 2.24) is 14.9 Å². The third-order valence-electron chi connectivity index (χ3n) is 2.91. The van der Waals surface area contributed by atoms with Crippen LogP contribution in [-0.4, -0.2) is 40.7 Å². The van der Waals surface area contributed by atoms with Crippen LogP contribution in [0.2, 0.25) is 0 Å². The van der Waals surface area contributed by atoms with E-state index >= 15 is 0 Å². The molecule has 0 radical (unpaired) electrons. The number of aromatic nitrogens is 2. The second-order valence-corrected chi connectivity index (χ2v) is 5.80. The van der Waals surface area contributed by atoms with Gasteiger partial charge in [-0.05, 0) is 12.1 Å². The zero-order valence-electron chi connectivity index (χ0n) is 12.6. The molecule has 0 aliphatic carbocycles. The Morgan fingerprint density at radius 1 is 1.38 bits per heavy atom. The molecule has 0 aliphatic heterocycles. The van der Waals surface area contributed by atoms with Crippen molar-refractivity contribution < 1.29 is 22.7 Å². The Bertz CT molecular complexity index is 792. The predicted octanol–water partition coefficient (Wildman–Crippen LogP) is 2.31. The molecule has 0 atom stereocenters. The molecule has 0 saturated carbocycles. The standard InChI is InChI=1S/C14H14F3N3O3S/c1-20-11(21)9-4-2-3-5-10(9)19-12(20)24-7-6-18-13(22)23-8-14(15,16)17/h2-5H,6-8H2,1H3,(H,18,22). The van der Waals surface area contributed by atoms with Crippen molar-refractivity contribution >= 4 is 28.8 Å². The van der Waals surface area contributed by atoms with Gasteiger partial charge in [-0.2, -0.15) is 13.2 Å². The molecule has 2 rings (SSSR count). The molecule has 0 unspecified atom stereocenters. The number of rotatable bonds is 5. The van der Waals surface area contributed by atoms with Gasteiger partial charge >= 0.3 is 12.3 Å². The third kappa shape index (κ3) is 4.88. The minimum Gasteiger partial charge on any atom is -0.440 e. The molecule has 2 aromatic rings. The van der Waals surface area contributed by atoms with Crippen LogP contribution < -0.4 is 10.9 Å². The van der Waals surface area contributed by atoms with E-state index in [1.165, 1.54) is 16.3 Å².